The van der Waals surface area contributed by atoms with Crippen LogP contribution in [0.1, 0.15) is 18.3 Å². The molecular weight excluding hydrogens is 178 g/mol. The lowest BCUT2D eigenvalue weighted by molar-refractivity contribution is 1.03. The standard InChI is InChI=1S/C10H11N3O/c1-3-7-4-8(14)9-6(2)11-5-12-10(9)13-7/h4-5H,3H2,1-2H3,(H,11,12,13,14). The maximum absolute atomic E-state index is 11.7. The quantitative estimate of drug-likeness (QED) is 0.733. The van der Waals surface area contributed by atoms with E-state index in [0.29, 0.717) is 11.0 Å². The van der Waals surface area contributed by atoms with Crippen molar-refractivity contribution in [2.24, 2.45) is 0 Å². The molecule has 2 aromatic heterocycles. The van der Waals surface area contributed by atoms with Crippen molar-refractivity contribution in [3.05, 3.63) is 34.0 Å². The van der Waals surface area contributed by atoms with Gasteiger partial charge in [-0.1, -0.05) is 6.92 Å². The second kappa shape index (κ2) is 3.21. The van der Waals surface area contributed by atoms with Gasteiger partial charge in [-0.2, -0.15) is 0 Å². The maximum atomic E-state index is 11.7. The van der Waals surface area contributed by atoms with Crippen molar-refractivity contribution in [1.82, 2.24) is 15.0 Å². The molecule has 0 unspecified atom stereocenters. The number of rotatable bonds is 1. The highest BCUT2D eigenvalue weighted by Crippen LogP contribution is 2.07. The molecule has 1 N–H and O–H groups in total. The Balaban J connectivity index is 2.90. The minimum Gasteiger partial charge on any atom is -0.343 e. The van der Waals surface area contributed by atoms with Crippen LogP contribution in [0.25, 0.3) is 11.0 Å². The molecule has 2 heterocycles. The summed E-state index contributed by atoms with van der Waals surface area (Å²) in [4.78, 5) is 22.8. The molecule has 2 rings (SSSR count). The zero-order valence-electron chi connectivity index (χ0n) is 8.16. The topological polar surface area (TPSA) is 58.6 Å². The summed E-state index contributed by atoms with van der Waals surface area (Å²) in [7, 11) is 0. The third-order valence-corrected chi connectivity index (χ3v) is 2.25. The summed E-state index contributed by atoms with van der Waals surface area (Å²) < 4.78 is 0. The molecule has 0 saturated carbocycles. The number of nitrogens with zero attached hydrogens (tertiary/aromatic N) is 2. The lowest BCUT2D eigenvalue weighted by atomic mass is 10.2. The molecule has 14 heavy (non-hydrogen) atoms. The Morgan fingerprint density at radius 3 is 2.93 bits per heavy atom. The fraction of sp³-hybridized carbons (Fsp3) is 0.300. The molecular formula is C10H11N3O. The van der Waals surface area contributed by atoms with Crippen LogP contribution in [0.3, 0.4) is 0 Å². The number of hydrogen-bond acceptors (Lipinski definition) is 3. The van der Waals surface area contributed by atoms with Crippen molar-refractivity contribution < 1.29 is 0 Å². The van der Waals surface area contributed by atoms with Gasteiger partial charge >= 0.3 is 0 Å². The summed E-state index contributed by atoms with van der Waals surface area (Å²) in [5, 5.41) is 0.588. The fourth-order valence-electron chi connectivity index (χ4n) is 1.47. The molecule has 0 atom stereocenters. The zero-order valence-corrected chi connectivity index (χ0v) is 8.16. The molecule has 0 aliphatic carbocycles. The number of H-pyrrole nitrogens is 1. The average molecular weight is 189 g/mol. The molecule has 0 amide bonds. The van der Waals surface area contributed by atoms with Gasteiger partial charge in [0.15, 0.2) is 5.43 Å². The van der Waals surface area contributed by atoms with E-state index in [4.69, 9.17) is 0 Å². The van der Waals surface area contributed by atoms with Crippen LogP contribution in [0.2, 0.25) is 0 Å². The predicted molar refractivity (Wildman–Crippen MR) is 54.3 cm³/mol. The fourth-order valence-corrected chi connectivity index (χ4v) is 1.47. The van der Waals surface area contributed by atoms with Gasteiger partial charge in [-0.15, -0.1) is 0 Å². The van der Waals surface area contributed by atoms with Crippen molar-refractivity contribution in [2.75, 3.05) is 0 Å². The zero-order chi connectivity index (χ0) is 10.1. The van der Waals surface area contributed by atoms with Crippen LogP contribution in [0.5, 0.6) is 0 Å². The van der Waals surface area contributed by atoms with Crippen molar-refractivity contribution >= 4 is 11.0 Å². The minimum absolute atomic E-state index is 0.00583. The number of hydrogen-bond donors (Lipinski definition) is 1. The Bertz CT molecular complexity index is 530. The third kappa shape index (κ3) is 1.28. The summed E-state index contributed by atoms with van der Waals surface area (Å²) in [6, 6.07) is 1.61. The molecule has 0 fully saturated rings. The number of aromatic nitrogens is 3. The van der Waals surface area contributed by atoms with Gasteiger partial charge in [0, 0.05) is 11.8 Å². The molecule has 4 nitrogen and oxygen atoms in total. The third-order valence-electron chi connectivity index (χ3n) is 2.25. The highest BCUT2D eigenvalue weighted by Gasteiger charge is 2.04. The summed E-state index contributed by atoms with van der Waals surface area (Å²) in [6.07, 6.45) is 2.27. The first-order chi connectivity index (χ1) is 6.72. The monoisotopic (exact) mass is 189 g/mol. The van der Waals surface area contributed by atoms with Crippen molar-refractivity contribution in [2.45, 2.75) is 20.3 Å². The Labute approximate surface area is 81.0 Å². The van der Waals surface area contributed by atoms with E-state index in [-0.39, 0.29) is 5.43 Å². The normalized spacial score (nSPS) is 10.7. The van der Waals surface area contributed by atoms with Crippen LogP contribution in [-0.4, -0.2) is 15.0 Å². The number of pyridine rings is 1. The number of fused-ring (bicyclic) bond motifs is 1. The van der Waals surface area contributed by atoms with Gasteiger partial charge in [-0.3, -0.25) is 4.79 Å². The Kier molecular flexibility index (Phi) is 2.04. The van der Waals surface area contributed by atoms with Gasteiger partial charge in [0.1, 0.15) is 12.0 Å². The highest BCUT2D eigenvalue weighted by atomic mass is 16.1. The molecule has 2 aromatic rings. The lowest BCUT2D eigenvalue weighted by Crippen LogP contribution is -2.08. The van der Waals surface area contributed by atoms with Crippen LogP contribution < -0.4 is 5.43 Å². The van der Waals surface area contributed by atoms with Gasteiger partial charge in [0.05, 0.1) is 11.1 Å². The van der Waals surface area contributed by atoms with Crippen molar-refractivity contribution in [3.63, 3.8) is 0 Å². The van der Waals surface area contributed by atoms with Crippen LogP contribution in [0.15, 0.2) is 17.2 Å². The van der Waals surface area contributed by atoms with E-state index in [2.05, 4.69) is 15.0 Å². The average Bonchev–Trinajstić information content (AvgIpc) is 2.17. The summed E-state index contributed by atoms with van der Waals surface area (Å²) in [6.45, 7) is 3.80. The maximum Gasteiger partial charge on any atom is 0.193 e. The summed E-state index contributed by atoms with van der Waals surface area (Å²) >= 11 is 0. The van der Waals surface area contributed by atoms with Crippen molar-refractivity contribution in [1.29, 1.82) is 0 Å². The SMILES string of the molecule is CCc1cc(=O)c2c(C)ncnc2[nH]1. The summed E-state index contributed by atoms with van der Waals surface area (Å²) in [5.74, 6) is 0. The molecule has 0 spiro atoms. The van der Waals surface area contributed by atoms with E-state index in [9.17, 15) is 4.79 Å². The molecule has 72 valence electrons. The number of nitrogens with one attached hydrogen (secondary N) is 1. The van der Waals surface area contributed by atoms with Crippen LogP contribution >= 0.6 is 0 Å². The molecule has 0 aliphatic heterocycles. The van der Waals surface area contributed by atoms with Gasteiger partial charge in [0.25, 0.3) is 0 Å². The first-order valence-corrected chi connectivity index (χ1v) is 4.56. The predicted octanol–water partition coefficient (Wildman–Crippen LogP) is 1.19. The van der Waals surface area contributed by atoms with Crippen LogP contribution in [0.4, 0.5) is 0 Å². The van der Waals surface area contributed by atoms with E-state index in [1.165, 1.54) is 6.33 Å². The minimum atomic E-state index is -0.00583. The Morgan fingerprint density at radius 2 is 2.21 bits per heavy atom. The van der Waals surface area contributed by atoms with E-state index >= 15 is 0 Å². The highest BCUT2D eigenvalue weighted by molar-refractivity contribution is 5.76. The van der Waals surface area contributed by atoms with Crippen LogP contribution in [-0.2, 0) is 6.42 Å². The largest absolute Gasteiger partial charge is 0.343 e. The smallest absolute Gasteiger partial charge is 0.193 e. The van der Waals surface area contributed by atoms with E-state index in [1.54, 1.807) is 6.07 Å². The van der Waals surface area contributed by atoms with Gasteiger partial charge in [0.2, 0.25) is 0 Å². The second-order valence-corrected chi connectivity index (χ2v) is 3.20. The molecule has 0 saturated heterocycles. The summed E-state index contributed by atoms with van der Waals surface area (Å²) in [5.41, 5.74) is 2.25. The number of aryl methyl sites for hydroxylation is 2. The number of aromatic amines is 1. The first-order valence-electron chi connectivity index (χ1n) is 4.56. The molecule has 0 aromatic carbocycles. The van der Waals surface area contributed by atoms with E-state index < -0.39 is 0 Å². The molecule has 0 aliphatic rings. The Morgan fingerprint density at radius 1 is 1.43 bits per heavy atom. The second-order valence-electron chi connectivity index (χ2n) is 3.20. The van der Waals surface area contributed by atoms with E-state index in [0.717, 1.165) is 17.8 Å². The van der Waals surface area contributed by atoms with Crippen LogP contribution in [0, 0.1) is 6.92 Å². The lowest BCUT2D eigenvalue weighted by Gasteiger charge is -2.01. The van der Waals surface area contributed by atoms with Gasteiger partial charge in [-0.25, -0.2) is 9.97 Å². The van der Waals surface area contributed by atoms with E-state index in [1.807, 2.05) is 13.8 Å². The first kappa shape index (κ1) is 8.87. The Hall–Kier alpha value is -1.71. The van der Waals surface area contributed by atoms with Crippen molar-refractivity contribution in [3.8, 4) is 0 Å². The molecule has 4 heteroatoms. The van der Waals surface area contributed by atoms with Gasteiger partial charge in [-0.05, 0) is 13.3 Å². The van der Waals surface area contributed by atoms with Gasteiger partial charge < -0.3 is 4.98 Å². The molecule has 0 bridgehead atoms. The molecule has 0 radical (unpaired) electrons.